The number of carbonyl (C=O) groups is 2. The molecule has 0 N–H and O–H groups in total. The van der Waals surface area contributed by atoms with Gasteiger partial charge >= 0.3 is 0 Å². The average molecular weight is 164 g/mol. The molecule has 0 bridgehead atoms. The topological polar surface area (TPSA) is 61.2 Å². The highest BCUT2D eigenvalue weighted by Gasteiger charge is 2.30. The van der Waals surface area contributed by atoms with E-state index in [-0.39, 0.29) is 18.0 Å². The molecule has 0 spiro atoms. The molecule has 0 aromatic carbocycles. The number of rotatable bonds is 0. The summed E-state index contributed by atoms with van der Waals surface area (Å²) in [4.78, 5) is 23.1. The van der Waals surface area contributed by atoms with Crippen LogP contribution in [-0.2, 0) is 9.59 Å². The molecule has 0 atom stereocenters. The zero-order valence-corrected chi connectivity index (χ0v) is 6.92. The Kier molecular flexibility index (Phi) is 1.96. The summed E-state index contributed by atoms with van der Waals surface area (Å²) >= 11 is 0. The molecule has 1 heterocycles. The predicted octanol–water partition coefficient (Wildman–Crippen LogP) is 0.215. The molecule has 1 aliphatic heterocycles. The summed E-state index contributed by atoms with van der Waals surface area (Å²) in [6.45, 7) is 3.25. The maximum atomic E-state index is 11.2. The minimum Gasteiger partial charge on any atom is -0.275 e. The first-order valence-corrected chi connectivity index (χ1v) is 3.50. The van der Waals surface area contributed by atoms with E-state index < -0.39 is 5.91 Å². The Bertz CT molecular complexity index is 322. The van der Waals surface area contributed by atoms with Crippen LogP contribution in [0.15, 0.2) is 11.1 Å². The second-order valence-electron chi connectivity index (χ2n) is 2.68. The standard InChI is InChI=1S/C8H8N2O2/c1-5-4-10(6(2)11)8(12)7(5)3-9/h4H2,1-2H3. The number of amides is 2. The number of hydrogen-bond acceptors (Lipinski definition) is 3. The Balaban J connectivity index is 2.97. The summed E-state index contributed by atoms with van der Waals surface area (Å²) in [5.41, 5.74) is 0.767. The largest absolute Gasteiger partial charge is 0.275 e. The van der Waals surface area contributed by atoms with Crippen molar-refractivity contribution in [1.29, 1.82) is 5.26 Å². The number of carbonyl (C=O) groups excluding carboxylic acids is 2. The summed E-state index contributed by atoms with van der Waals surface area (Å²) in [7, 11) is 0. The maximum absolute atomic E-state index is 11.2. The quantitative estimate of drug-likeness (QED) is 0.514. The molecule has 0 unspecified atom stereocenters. The van der Waals surface area contributed by atoms with Crippen molar-refractivity contribution < 1.29 is 9.59 Å². The fourth-order valence-corrected chi connectivity index (χ4v) is 1.10. The van der Waals surface area contributed by atoms with Crippen LogP contribution in [0.5, 0.6) is 0 Å². The van der Waals surface area contributed by atoms with Gasteiger partial charge in [0.25, 0.3) is 5.91 Å². The van der Waals surface area contributed by atoms with Gasteiger partial charge < -0.3 is 0 Å². The van der Waals surface area contributed by atoms with Crippen molar-refractivity contribution >= 4 is 11.8 Å². The smallest absolute Gasteiger partial charge is 0.271 e. The van der Waals surface area contributed by atoms with Gasteiger partial charge in [0.15, 0.2) is 0 Å². The predicted molar refractivity (Wildman–Crippen MR) is 40.7 cm³/mol. The summed E-state index contributed by atoms with van der Waals surface area (Å²) in [5, 5.41) is 8.54. The highest BCUT2D eigenvalue weighted by molar-refractivity contribution is 6.09. The summed E-state index contributed by atoms with van der Waals surface area (Å²) in [6.07, 6.45) is 0. The lowest BCUT2D eigenvalue weighted by Gasteiger charge is -2.09. The molecular weight excluding hydrogens is 156 g/mol. The minimum absolute atomic E-state index is 0.102. The molecule has 62 valence electrons. The van der Waals surface area contributed by atoms with Gasteiger partial charge in [0, 0.05) is 6.92 Å². The second-order valence-corrected chi connectivity index (χ2v) is 2.68. The Morgan fingerprint density at radius 1 is 1.67 bits per heavy atom. The van der Waals surface area contributed by atoms with Gasteiger partial charge in [-0.2, -0.15) is 5.26 Å². The monoisotopic (exact) mass is 164 g/mol. The van der Waals surface area contributed by atoms with Gasteiger partial charge in [0.1, 0.15) is 11.6 Å². The molecule has 0 saturated carbocycles. The van der Waals surface area contributed by atoms with Crippen LogP contribution < -0.4 is 0 Å². The molecular formula is C8H8N2O2. The van der Waals surface area contributed by atoms with Crippen molar-refractivity contribution in [2.45, 2.75) is 13.8 Å². The van der Waals surface area contributed by atoms with E-state index in [1.54, 1.807) is 13.0 Å². The van der Waals surface area contributed by atoms with E-state index in [2.05, 4.69) is 0 Å². The van der Waals surface area contributed by atoms with Crippen molar-refractivity contribution in [2.24, 2.45) is 0 Å². The second kappa shape index (κ2) is 2.78. The molecule has 1 aliphatic rings. The molecule has 1 rings (SSSR count). The van der Waals surface area contributed by atoms with E-state index in [9.17, 15) is 9.59 Å². The van der Waals surface area contributed by atoms with Gasteiger partial charge in [-0.05, 0) is 12.5 Å². The van der Waals surface area contributed by atoms with Gasteiger partial charge in [-0.15, -0.1) is 0 Å². The first kappa shape index (κ1) is 8.47. The van der Waals surface area contributed by atoms with E-state index in [4.69, 9.17) is 5.26 Å². The third-order valence-corrected chi connectivity index (χ3v) is 1.77. The van der Waals surface area contributed by atoms with E-state index in [1.165, 1.54) is 6.92 Å². The third-order valence-electron chi connectivity index (χ3n) is 1.77. The van der Waals surface area contributed by atoms with Crippen molar-refractivity contribution in [3.63, 3.8) is 0 Å². The highest BCUT2D eigenvalue weighted by Crippen LogP contribution is 2.17. The van der Waals surface area contributed by atoms with E-state index in [0.717, 1.165) is 4.90 Å². The zero-order valence-electron chi connectivity index (χ0n) is 6.92. The minimum atomic E-state index is -0.470. The van der Waals surface area contributed by atoms with Crippen LogP contribution in [0.1, 0.15) is 13.8 Å². The lowest BCUT2D eigenvalue weighted by molar-refractivity contribution is -0.139. The van der Waals surface area contributed by atoms with Crippen molar-refractivity contribution in [3.05, 3.63) is 11.1 Å². The molecule has 0 aromatic heterocycles. The Hall–Kier alpha value is -1.63. The van der Waals surface area contributed by atoms with Crippen LogP contribution in [-0.4, -0.2) is 23.3 Å². The number of imide groups is 1. The van der Waals surface area contributed by atoms with Crippen LogP contribution in [0.3, 0.4) is 0 Å². The van der Waals surface area contributed by atoms with Gasteiger partial charge in [-0.1, -0.05) is 0 Å². The lowest BCUT2D eigenvalue weighted by Crippen LogP contribution is -2.31. The molecule has 0 saturated heterocycles. The third kappa shape index (κ3) is 1.10. The van der Waals surface area contributed by atoms with Gasteiger partial charge in [-0.3, -0.25) is 14.5 Å². The fraction of sp³-hybridized carbons (Fsp3) is 0.375. The number of nitrogens with zero attached hydrogens (tertiary/aromatic N) is 2. The van der Waals surface area contributed by atoms with E-state index in [0.29, 0.717) is 5.57 Å². The van der Waals surface area contributed by atoms with Crippen LogP contribution in [0.2, 0.25) is 0 Å². The SMILES string of the molecule is CC(=O)N1CC(C)=C(C#N)C1=O. The number of hydrogen-bond donors (Lipinski definition) is 0. The molecule has 0 radical (unpaired) electrons. The Labute approximate surface area is 70.1 Å². The van der Waals surface area contributed by atoms with Gasteiger partial charge in [0.05, 0.1) is 6.54 Å². The average Bonchev–Trinajstić information content (AvgIpc) is 2.27. The van der Waals surface area contributed by atoms with Crippen LogP contribution in [0.25, 0.3) is 0 Å². The Morgan fingerprint density at radius 3 is 2.50 bits per heavy atom. The summed E-state index contributed by atoms with van der Waals surface area (Å²) in [5.74, 6) is -0.785. The maximum Gasteiger partial charge on any atom is 0.271 e. The fourth-order valence-electron chi connectivity index (χ4n) is 1.10. The number of nitriles is 1. The molecule has 2 amide bonds. The highest BCUT2D eigenvalue weighted by atomic mass is 16.2. The molecule has 12 heavy (non-hydrogen) atoms. The molecule has 4 nitrogen and oxygen atoms in total. The van der Waals surface area contributed by atoms with Crippen LogP contribution in [0, 0.1) is 11.3 Å². The van der Waals surface area contributed by atoms with E-state index in [1.807, 2.05) is 0 Å². The van der Waals surface area contributed by atoms with Gasteiger partial charge in [-0.25, -0.2) is 0 Å². The summed E-state index contributed by atoms with van der Waals surface area (Å²) < 4.78 is 0. The van der Waals surface area contributed by atoms with Crippen molar-refractivity contribution in [1.82, 2.24) is 4.90 Å². The Morgan fingerprint density at radius 2 is 2.25 bits per heavy atom. The first-order valence-electron chi connectivity index (χ1n) is 3.50. The van der Waals surface area contributed by atoms with Gasteiger partial charge in [0.2, 0.25) is 5.91 Å². The van der Waals surface area contributed by atoms with Crippen LogP contribution >= 0.6 is 0 Å². The molecule has 0 aliphatic carbocycles. The molecule has 0 fully saturated rings. The van der Waals surface area contributed by atoms with Crippen LogP contribution in [0.4, 0.5) is 0 Å². The van der Waals surface area contributed by atoms with Crippen molar-refractivity contribution in [2.75, 3.05) is 6.54 Å². The molecule has 0 aromatic rings. The zero-order chi connectivity index (χ0) is 9.30. The van der Waals surface area contributed by atoms with Crippen molar-refractivity contribution in [3.8, 4) is 6.07 Å². The lowest BCUT2D eigenvalue weighted by atomic mass is 10.2. The summed E-state index contributed by atoms with van der Waals surface area (Å²) in [6, 6.07) is 1.78. The molecule has 4 heteroatoms. The first-order chi connectivity index (χ1) is 5.57. The normalized spacial score (nSPS) is 16.8. The van der Waals surface area contributed by atoms with E-state index >= 15 is 0 Å².